The van der Waals surface area contributed by atoms with E-state index in [0.29, 0.717) is 31.8 Å². The second-order valence-electron chi connectivity index (χ2n) is 11.9. The Morgan fingerprint density at radius 1 is 0.932 bits per heavy atom. The van der Waals surface area contributed by atoms with Gasteiger partial charge in [-0.1, -0.05) is 42.2 Å². The highest BCUT2D eigenvalue weighted by Gasteiger charge is 2.28. The molecule has 44 heavy (non-hydrogen) atoms. The number of anilines is 1. The summed E-state index contributed by atoms with van der Waals surface area (Å²) < 4.78 is 67.7. The first-order chi connectivity index (χ1) is 20.7. The van der Waals surface area contributed by atoms with Crippen LogP contribution in [0.4, 0.5) is 5.69 Å². The number of allylic oxidation sites excluding steroid dienone is 4. The lowest BCUT2D eigenvalue weighted by atomic mass is 9.81. The van der Waals surface area contributed by atoms with Gasteiger partial charge in [-0.15, -0.1) is 0 Å². The van der Waals surface area contributed by atoms with Crippen LogP contribution in [-0.4, -0.2) is 44.0 Å². The van der Waals surface area contributed by atoms with Crippen LogP contribution in [0.3, 0.4) is 0 Å². The molecule has 1 atom stereocenters. The summed E-state index contributed by atoms with van der Waals surface area (Å²) in [5, 5.41) is 2.09. The Morgan fingerprint density at radius 2 is 1.61 bits per heavy atom. The van der Waals surface area contributed by atoms with Crippen molar-refractivity contribution in [3.8, 4) is 0 Å². The van der Waals surface area contributed by atoms with Crippen molar-refractivity contribution in [1.82, 2.24) is 0 Å². The van der Waals surface area contributed by atoms with Crippen LogP contribution in [0.15, 0.2) is 69.1 Å². The van der Waals surface area contributed by atoms with Crippen LogP contribution >= 0.6 is 23.1 Å². The zero-order chi connectivity index (χ0) is 31.8. The lowest BCUT2D eigenvalue weighted by Crippen LogP contribution is -2.36. The molecule has 0 bridgehead atoms. The summed E-state index contributed by atoms with van der Waals surface area (Å²) in [6.07, 6.45) is 6.93. The molecule has 1 unspecified atom stereocenters. The molecule has 0 fully saturated rings. The van der Waals surface area contributed by atoms with Gasteiger partial charge in [0, 0.05) is 30.0 Å². The standard InChI is InChI=1S/C32H38N2O6S4/c1-21-7-9-29-27(17-21)33(11-5-13-43(35,36)37)31(41-29)19-25-15-23(3)16-26(24(25)4)20-32-34(12-6-14-44(38,39)40)28-18-22(2)8-10-30(28)42-32/h7-10,17-20,23H,5-6,11-16H2,1-4H3,(H-,35,36,37,38,39,40)/p+1. The van der Waals surface area contributed by atoms with Crippen molar-refractivity contribution in [1.29, 1.82) is 0 Å². The molecule has 2 N–H and O–H groups in total. The molecule has 0 saturated heterocycles. The second-order valence-corrected chi connectivity index (χ2v) is 17.2. The molecule has 1 aliphatic carbocycles. The third kappa shape index (κ3) is 8.02. The molecular formula is C32H39N2O6S4+. The summed E-state index contributed by atoms with van der Waals surface area (Å²) >= 11 is 3.36. The van der Waals surface area contributed by atoms with Gasteiger partial charge >= 0.3 is 0 Å². The van der Waals surface area contributed by atoms with Crippen molar-refractivity contribution in [2.75, 3.05) is 23.0 Å². The summed E-state index contributed by atoms with van der Waals surface area (Å²) in [5.74, 6) is -0.161. The van der Waals surface area contributed by atoms with E-state index < -0.39 is 20.2 Å². The normalized spacial score (nSPS) is 19.5. The van der Waals surface area contributed by atoms with Crippen molar-refractivity contribution in [3.63, 3.8) is 0 Å². The minimum atomic E-state index is -4.04. The first-order valence-electron chi connectivity index (χ1n) is 14.7. The van der Waals surface area contributed by atoms with E-state index >= 15 is 0 Å². The zero-order valence-corrected chi connectivity index (χ0v) is 28.7. The highest BCUT2D eigenvalue weighted by atomic mass is 32.2. The number of hydrogen-bond acceptors (Lipinski definition) is 7. The molecule has 0 saturated carbocycles. The SMILES string of the molecule is CC1=C(C=C2Sc3ccc(C)cc3N2CCCS(=O)(=O)O)CC(C)CC1=Cc1sc2ccc(C)cc2[n+]1CCCS(=O)(=O)O. The lowest BCUT2D eigenvalue weighted by Gasteiger charge is -2.26. The maximum atomic E-state index is 11.4. The summed E-state index contributed by atoms with van der Waals surface area (Å²) in [4.78, 5) is 3.29. The number of nitrogens with zero attached hydrogens (tertiary/aromatic N) is 2. The second kappa shape index (κ2) is 13.1. The van der Waals surface area contributed by atoms with Crippen LogP contribution in [0.1, 0.15) is 55.7 Å². The predicted octanol–water partition coefficient (Wildman–Crippen LogP) is 6.94. The van der Waals surface area contributed by atoms with Crippen molar-refractivity contribution < 1.29 is 30.5 Å². The van der Waals surface area contributed by atoms with Gasteiger partial charge in [0.25, 0.3) is 25.2 Å². The van der Waals surface area contributed by atoms with Gasteiger partial charge in [0.2, 0.25) is 5.52 Å². The van der Waals surface area contributed by atoms with Gasteiger partial charge < -0.3 is 4.90 Å². The summed E-state index contributed by atoms with van der Waals surface area (Å²) in [7, 11) is -8.08. The van der Waals surface area contributed by atoms with E-state index in [-0.39, 0.29) is 11.5 Å². The Balaban J connectivity index is 1.52. The van der Waals surface area contributed by atoms with E-state index in [0.717, 1.165) is 54.8 Å². The fourth-order valence-corrected chi connectivity index (χ4v) is 9.14. The monoisotopic (exact) mass is 675 g/mol. The van der Waals surface area contributed by atoms with Crippen LogP contribution in [0, 0.1) is 19.8 Å². The minimum absolute atomic E-state index is 0.285. The lowest BCUT2D eigenvalue weighted by molar-refractivity contribution is -0.668. The van der Waals surface area contributed by atoms with Crippen LogP contribution in [0.5, 0.6) is 0 Å². The van der Waals surface area contributed by atoms with E-state index in [9.17, 15) is 25.9 Å². The molecule has 0 radical (unpaired) electrons. The highest BCUT2D eigenvalue weighted by molar-refractivity contribution is 8.03. The Hall–Kier alpha value is -2.48. The molecule has 3 aromatic rings. The smallest absolute Gasteiger partial charge is 0.265 e. The number of thiazole rings is 1. The first-order valence-corrected chi connectivity index (χ1v) is 19.5. The Morgan fingerprint density at radius 3 is 2.34 bits per heavy atom. The van der Waals surface area contributed by atoms with Crippen LogP contribution in [0.2, 0.25) is 0 Å². The van der Waals surface area contributed by atoms with E-state index in [1.165, 1.54) is 16.7 Å². The fourth-order valence-electron chi connectivity index (χ4n) is 5.88. The largest absolute Gasteiger partial charge is 0.335 e. The van der Waals surface area contributed by atoms with E-state index in [2.05, 4.69) is 71.9 Å². The fraction of sp³-hybridized carbons (Fsp3) is 0.406. The van der Waals surface area contributed by atoms with Gasteiger partial charge in [-0.2, -0.15) is 21.4 Å². The van der Waals surface area contributed by atoms with Gasteiger partial charge in [-0.05, 0) is 98.1 Å². The maximum absolute atomic E-state index is 11.4. The number of thioether (sulfide) groups is 1. The predicted molar refractivity (Wildman–Crippen MR) is 180 cm³/mol. The molecule has 2 aromatic carbocycles. The first kappa shape index (κ1) is 32.9. The van der Waals surface area contributed by atoms with E-state index in [1.54, 1.807) is 23.1 Å². The number of hydrogen-bond donors (Lipinski definition) is 2. The Labute approximate surface area is 268 Å². The van der Waals surface area contributed by atoms with Crippen LogP contribution in [-0.2, 0) is 26.8 Å². The molecule has 2 aliphatic rings. The van der Waals surface area contributed by atoms with Gasteiger partial charge in [-0.25, -0.2) is 0 Å². The number of fused-ring (bicyclic) bond motifs is 2. The summed E-state index contributed by atoms with van der Waals surface area (Å²) in [5.41, 5.74) is 8.04. The van der Waals surface area contributed by atoms with Crippen molar-refractivity contribution in [2.24, 2.45) is 5.92 Å². The number of aryl methyl sites for hydroxylation is 3. The molecule has 2 heterocycles. The average Bonchev–Trinajstić information content (AvgIpc) is 3.42. The minimum Gasteiger partial charge on any atom is -0.335 e. The topological polar surface area (TPSA) is 116 Å². The molecule has 0 spiro atoms. The third-order valence-corrected chi connectivity index (χ3v) is 11.9. The number of rotatable bonds is 10. The Bertz CT molecular complexity index is 1910. The average molecular weight is 676 g/mol. The van der Waals surface area contributed by atoms with E-state index in [1.807, 2.05) is 13.8 Å². The molecule has 8 nitrogen and oxygen atoms in total. The van der Waals surface area contributed by atoms with Crippen molar-refractivity contribution >= 4 is 65.3 Å². The highest BCUT2D eigenvalue weighted by Crippen LogP contribution is 2.48. The van der Waals surface area contributed by atoms with Crippen molar-refractivity contribution in [2.45, 2.75) is 64.8 Å². The molecule has 12 heteroatoms. The van der Waals surface area contributed by atoms with Gasteiger partial charge in [-0.3, -0.25) is 9.11 Å². The van der Waals surface area contributed by atoms with E-state index in [4.69, 9.17) is 0 Å². The third-order valence-electron chi connectivity index (χ3n) is 8.04. The van der Waals surface area contributed by atoms with Gasteiger partial charge in [0.1, 0.15) is 4.70 Å². The number of benzene rings is 2. The Kier molecular flexibility index (Phi) is 9.79. The maximum Gasteiger partial charge on any atom is 0.265 e. The zero-order valence-electron chi connectivity index (χ0n) is 25.4. The number of aromatic nitrogens is 1. The molecular weight excluding hydrogens is 637 g/mol. The van der Waals surface area contributed by atoms with Crippen LogP contribution < -0.4 is 9.47 Å². The van der Waals surface area contributed by atoms with Gasteiger partial charge in [0.15, 0.2) is 6.54 Å². The van der Waals surface area contributed by atoms with Crippen molar-refractivity contribution in [3.05, 3.63) is 80.4 Å². The molecule has 236 valence electrons. The molecule has 1 aromatic heterocycles. The molecule has 0 amide bonds. The molecule has 1 aliphatic heterocycles. The molecule has 5 rings (SSSR count). The van der Waals surface area contributed by atoms with Gasteiger partial charge in [0.05, 0.1) is 22.2 Å². The summed E-state index contributed by atoms with van der Waals surface area (Å²) in [6, 6.07) is 12.6. The van der Waals surface area contributed by atoms with Crippen LogP contribution in [0.25, 0.3) is 16.3 Å². The summed E-state index contributed by atoms with van der Waals surface area (Å²) in [6.45, 7) is 9.44. The quantitative estimate of drug-likeness (QED) is 0.175.